The van der Waals surface area contributed by atoms with Crippen LogP contribution >= 0.6 is 22.7 Å². The summed E-state index contributed by atoms with van der Waals surface area (Å²) in [6.07, 6.45) is 4.28. The van der Waals surface area contributed by atoms with Gasteiger partial charge in [-0.1, -0.05) is 18.3 Å². The van der Waals surface area contributed by atoms with Crippen molar-refractivity contribution < 1.29 is 13.2 Å². The van der Waals surface area contributed by atoms with Crippen LogP contribution in [-0.2, 0) is 22.7 Å². The van der Waals surface area contributed by atoms with Gasteiger partial charge in [0.25, 0.3) is 5.91 Å². The number of carbonyl (C=O) groups is 1. The highest BCUT2D eigenvalue weighted by atomic mass is 32.2. The third kappa shape index (κ3) is 3.28. The zero-order chi connectivity index (χ0) is 18.5. The maximum atomic E-state index is 12.7. The molecule has 0 bridgehead atoms. The summed E-state index contributed by atoms with van der Waals surface area (Å²) in [6.45, 7) is 2.24. The molecular weight excluding hydrogens is 388 g/mol. The highest BCUT2D eigenvalue weighted by Crippen LogP contribution is 2.34. The second-order valence-corrected chi connectivity index (χ2v) is 10.8. The van der Waals surface area contributed by atoms with Crippen molar-refractivity contribution in [3.8, 4) is 0 Å². The minimum Gasteiger partial charge on any atom is -0.298 e. The van der Waals surface area contributed by atoms with E-state index in [0.717, 1.165) is 29.5 Å². The van der Waals surface area contributed by atoms with Crippen LogP contribution < -0.4 is 5.32 Å². The topological polar surface area (TPSA) is 76.1 Å². The van der Waals surface area contributed by atoms with E-state index in [9.17, 15) is 13.2 Å². The number of rotatable bonds is 3. The van der Waals surface area contributed by atoms with Crippen LogP contribution in [0, 0.1) is 5.92 Å². The lowest BCUT2D eigenvalue weighted by atomic mass is 9.88. The molecule has 1 aromatic carbocycles. The summed E-state index contributed by atoms with van der Waals surface area (Å²) in [7, 11) is -3.27. The Hall–Kier alpha value is -1.77. The Morgan fingerprint density at radius 3 is 2.92 bits per heavy atom. The summed E-state index contributed by atoms with van der Waals surface area (Å²) in [5, 5.41) is 5.30. The number of anilines is 1. The van der Waals surface area contributed by atoms with Crippen LogP contribution in [0.2, 0.25) is 0 Å². The van der Waals surface area contributed by atoms with Gasteiger partial charge in [0, 0.05) is 16.5 Å². The molecule has 5 nitrogen and oxygen atoms in total. The molecular formula is C18H18N2O3S3. The maximum Gasteiger partial charge on any atom is 0.258 e. The lowest BCUT2D eigenvalue weighted by Gasteiger charge is -2.18. The van der Waals surface area contributed by atoms with E-state index in [2.05, 4.69) is 17.2 Å². The Morgan fingerprint density at radius 1 is 1.35 bits per heavy atom. The number of thiophene rings is 1. The third-order valence-electron chi connectivity index (χ3n) is 4.65. The summed E-state index contributed by atoms with van der Waals surface area (Å²) >= 11 is 2.95. The van der Waals surface area contributed by atoms with Crippen LogP contribution in [-0.4, -0.2) is 25.6 Å². The molecule has 0 saturated heterocycles. The van der Waals surface area contributed by atoms with Gasteiger partial charge in [-0.3, -0.25) is 10.1 Å². The maximum absolute atomic E-state index is 12.7. The molecule has 1 unspecified atom stereocenters. The monoisotopic (exact) mass is 406 g/mol. The van der Waals surface area contributed by atoms with Crippen LogP contribution in [0.3, 0.4) is 0 Å². The van der Waals surface area contributed by atoms with E-state index in [-0.39, 0.29) is 10.8 Å². The van der Waals surface area contributed by atoms with E-state index in [1.54, 1.807) is 29.5 Å². The standard InChI is InChI=1S/C18H18N2O3S3/c1-10-3-5-12-13(9-24-15(12)7-10)17(21)20-18-19-14-6-4-11(26(2,22)23)8-16(14)25-18/h4,6,8-10H,3,5,7H2,1-2H3,(H,19,20,21). The van der Waals surface area contributed by atoms with Crippen LogP contribution in [0.5, 0.6) is 0 Å². The van der Waals surface area contributed by atoms with E-state index in [4.69, 9.17) is 0 Å². The normalized spacial score (nSPS) is 17.2. The molecule has 3 aromatic rings. The molecule has 2 aromatic heterocycles. The van der Waals surface area contributed by atoms with Gasteiger partial charge in [-0.15, -0.1) is 11.3 Å². The molecule has 0 spiro atoms. The van der Waals surface area contributed by atoms with Crippen molar-refractivity contribution in [3.63, 3.8) is 0 Å². The van der Waals surface area contributed by atoms with Gasteiger partial charge in [0.1, 0.15) is 0 Å². The Bertz CT molecular complexity index is 1110. The molecule has 0 radical (unpaired) electrons. The fraction of sp³-hybridized carbons (Fsp3) is 0.333. The van der Waals surface area contributed by atoms with E-state index in [0.29, 0.717) is 16.6 Å². The highest BCUT2D eigenvalue weighted by molar-refractivity contribution is 7.90. The van der Waals surface area contributed by atoms with Gasteiger partial charge < -0.3 is 0 Å². The number of hydrogen-bond acceptors (Lipinski definition) is 6. The first-order valence-electron chi connectivity index (χ1n) is 8.32. The number of benzene rings is 1. The van der Waals surface area contributed by atoms with Gasteiger partial charge in [0.2, 0.25) is 0 Å². The quantitative estimate of drug-likeness (QED) is 0.709. The Kier molecular flexibility index (Phi) is 4.37. The first-order chi connectivity index (χ1) is 12.3. The fourth-order valence-electron chi connectivity index (χ4n) is 3.22. The Balaban J connectivity index is 1.60. The minimum atomic E-state index is -3.27. The molecule has 2 heterocycles. The molecule has 1 amide bonds. The summed E-state index contributed by atoms with van der Waals surface area (Å²) in [5.74, 6) is 0.532. The molecule has 0 saturated carbocycles. The van der Waals surface area contributed by atoms with Crippen molar-refractivity contribution in [1.82, 2.24) is 4.98 Å². The smallest absolute Gasteiger partial charge is 0.258 e. The lowest BCUT2D eigenvalue weighted by Crippen LogP contribution is -2.16. The first-order valence-corrected chi connectivity index (χ1v) is 11.9. The lowest BCUT2D eigenvalue weighted by molar-refractivity contribution is 0.102. The molecule has 0 fully saturated rings. The molecule has 1 aliphatic carbocycles. The first kappa shape index (κ1) is 17.6. The molecule has 1 aliphatic rings. The number of hydrogen-bond donors (Lipinski definition) is 1. The van der Waals surface area contributed by atoms with Crippen molar-refractivity contribution in [2.75, 3.05) is 11.6 Å². The van der Waals surface area contributed by atoms with Gasteiger partial charge >= 0.3 is 0 Å². The Morgan fingerprint density at radius 2 is 2.15 bits per heavy atom. The van der Waals surface area contributed by atoms with Crippen LogP contribution in [0.25, 0.3) is 10.2 Å². The van der Waals surface area contributed by atoms with Crippen molar-refractivity contribution in [2.45, 2.75) is 31.1 Å². The number of fused-ring (bicyclic) bond motifs is 2. The van der Waals surface area contributed by atoms with E-state index in [1.165, 1.54) is 28.0 Å². The van der Waals surface area contributed by atoms with Gasteiger partial charge in [0.15, 0.2) is 15.0 Å². The number of carbonyl (C=O) groups excluding carboxylic acids is 1. The SMILES string of the molecule is CC1CCc2c(C(=O)Nc3nc4ccc(S(C)(=O)=O)cc4s3)csc2C1. The fourth-order valence-corrected chi connectivity index (χ4v) is 6.09. The minimum absolute atomic E-state index is 0.139. The molecule has 4 rings (SSSR count). The van der Waals surface area contributed by atoms with Gasteiger partial charge in [-0.2, -0.15) is 0 Å². The number of sulfone groups is 1. The van der Waals surface area contributed by atoms with E-state index < -0.39 is 9.84 Å². The zero-order valence-electron chi connectivity index (χ0n) is 14.4. The largest absolute Gasteiger partial charge is 0.298 e. The van der Waals surface area contributed by atoms with Crippen LogP contribution in [0.15, 0.2) is 28.5 Å². The van der Waals surface area contributed by atoms with Crippen molar-refractivity contribution in [3.05, 3.63) is 39.6 Å². The number of aromatic nitrogens is 1. The number of nitrogens with one attached hydrogen (secondary N) is 1. The molecule has 0 aliphatic heterocycles. The molecule has 136 valence electrons. The van der Waals surface area contributed by atoms with E-state index >= 15 is 0 Å². The van der Waals surface area contributed by atoms with Crippen molar-refractivity contribution in [2.24, 2.45) is 5.92 Å². The van der Waals surface area contributed by atoms with Gasteiger partial charge in [-0.05, 0) is 48.9 Å². The van der Waals surface area contributed by atoms with Crippen molar-refractivity contribution >= 4 is 53.8 Å². The summed E-state index contributed by atoms with van der Waals surface area (Å²) in [4.78, 5) is 18.7. The van der Waals surface area contributed by atoms with Crippen LogP contribution in [0.1, 0.15) is 34.1 Å². The predicted octanol–water partition coefficient (Wildman–Crippen LogP) is 4.14. The molecule has 1 N–H and O–H groups in total. The van der Waals surface area contributed by atoms with Gasteiger partial charge in [0.05, 0.1) is 20.7 Å². The summed E-state index contributed by atoms with van der Waals surface area (Å²) in [5.41, 5.74) is 2.60. The molecule has 8 heteroatoms. The number of amides is 1. The highest BCUT2D eigenvalue weighted by Gasteiger charge is 2.23. The molecule has 26 heavy (non-hydrogen) atoms. The van der Waals surface area contributed by atoms with Gasteiger partial charge in [-0.25, -0.2) is 13.4 Å². The second-order valence-electron chi connectivity index (χ2n) is 6.77. The second kappa shape index (κ2) is 6.44. The summed E-state index contributed by atoms with van der Waals surface area (Å²) in [6, 6.07) is 4.82. The zero-order valence-corrected chi connectivity index (χ0v) is 16.9. The average molecular weight is 407 g/mol. The van der Waals surface area contributed by atoms with Crippen molar-refractivity contribution in [1.29, 1.82) is 0 Å². The number of nitrogens with zero attached hydrogens (tertiary/aromatic N) is 1. The Labute approximate surface area is 160 Å². The third-order valence-corrected chi connectivity index (χ3v) is 7.75. The molecule has 1 atom stereocenters. The predicted molar refractivity (Wildman–Crippen MR) is 106 cm³/mol. The van der Waals surface area contributed by atoms with E-state index in [1.807, 2.05) is 5.38 Å². The average Bonchev–Trinajstić information content (AvgIpc) is 3.15. The van der Waals surface area contributed by atoms with Crippen LogP contribution in [0.4, 0.5) is 5.13 Å². The summed E-state index contributed by atoms with van der Waals surface area (Å²) < 4.78 is 24.1. The number of thiazole rings is 1.